The Bertz CT molecular complexity index is 1550. The Morgan fingerprint density at radius 1 is 0.838 bits per heavy atom. The fraction of sp³-hybridized carbons (Fsp3) is 0.130. The van der Waals surface area contributed by atoms with Crippen LogP contribution in [0, 0.1) is 6.92 Å². The van der Waals surface area contributed by atoms with Crippen molar-refractivity contribution in [3.63, 3.8) is 0 Å². The van der Waals surface area contributed by atoms with E-state index >= 15 is 0 Å². The number of carbonyl (C=O) groups excluding carboxylic acids is 2. The summed E-state index contributed by atoms with van der Waals surface area (Å²) in [5.74, 6) is -1.55. The number of nitrogens with one attached hydrogen (secondary N) is 3. The summed E-state index contributed by atoms with van der Waals surface area (Å²) in [7, 11) is -6.71. The topological polar surface area (TPSA) is 142 Å². The molecule has 2 amide bonds. The van der Waals surface area contributed by atoms with Gasteiger partial charge in [-0.15, -0.1) is 0 Å². The second kappa shape index (κ2) is 11.5. The lowest BCUT2D eigenvalue weighted by Gasteiger charge is -2.17. The highest BCUT2D eigenvalue weighted by molar-refractivity contribution is 7.92. The fourth-order valence-corrected chi connectivity index (χ4v) is 5.56. The van der Waals surface area contributed by atoms with Crippen molar-refractivity contribution in [3.05, 3.63) is 87.9 Å². The molecule has 0 aliphatic rings. The zero-order chi connectivity index (χ0) is 27.4. The molecule has 0 radical (unpaired) electrons. The number of nitrogens with zero attached hydrogens (tertiary/aromatic N) is 1. The molecular weight excluding hydrogens is 563 g/mol. The number of hydrogen-bond donors (Lipinski definition) is 3. The van der Waals surface area contributed by atoms with Crippen molar-refractivity contribution in [2.24, 2.45) is 0 Å². The first-order valence-corrected chi connectivity index (χ1v) is 14.2. The van der Waals surface area contributed by atoms with Crippen LogP contribution in [0.15, 0.2) is 76.5 Å². The van der Waals surface area contributed by atoms with Gasteiger partial charge in [0, 0.05) is 18.3 Å². The van der Waals surface area contributed by atoms with E-state index in [-0.39, 0.29) is 31.1 Å². The predicted molar refractivity (Wildman–Crippen MR) is 140 cm³/mol. The molecule has 3 aromatic carbocycles. The van der Waals surface area contributed by atoms with Crippen LogP contribution in [0.2, 0.25) is 10.0 Å². The Morgan fingerprint density at radius 2 is 1.49 bits per heavy atom. The smallest absolute Gasteiger partial charge is 0.269 e. The van der Waals surface area contributed by atoms with E-state index in [0.29, 0.717) is 0 Å². The number of anilines is 1. The largest absolute Gasteiger partial charge is 0.280 e. The van der Waals surface area contributed by atoms with Crippen molar-refractivity contribution in [3.8, 4) is 0 Å². The van der Waals surface area contributed by atoms with Crippen LogP contribution in [0.25, 0.3) is 0 Å². The van der Waals surface area contributed by atoms with Gasteiger partial charge in [-0.25, -0.2) is 16.8 Å². The van der Waals surface area contributed by atoms with Gasteiger partial charge in [0.2, 0.25) is 10.0 Å². The van der Waals surface area contributed by atoms with Crippen LogP contribution < -0.4 is 15.6 Å². The molecular formula is C23H22Cl2N4O6S2. The van der Waals surface area contributed by atoms with Gasteiger partial charge in [0.1, 0.15) is 0 Å². The van der Waals surface area contributed by atoms with E-state index in [1.165, 1.54) is 61.6 Å². The average Bonchev–Trinajstić information content (AvgIpc) is 2.84. The number of carbonyl (C=O) groups is 2. The van der Waals surface area contributed by atoms with E-state index in [1.807, 2.05) is 6.92 Å². The number of sulfonamides is 2. The maximum absolute atomic E-state index is 12.6. The molecule has 10 nitrogen and oxygen atoms in total. The number of benzene rings is 3. The number of rotatable bonds is 8. The van der Waals surface area contributed by atoms with Crippen LogP contribution >= 0.6 is 23.2 Å². The van der Waals surface area contributed by atoms with E-state index in [1.54, 1.807) is 12.1 Å². The standard InChI is InChI=1S/C23H22Cl2N4O6S2/c1-15-6-8-18(9-7-15)37(34,35)29(2)14-22(30)26-27-23(31)16-4-3-5-17(12-16)28-36(32,33)19-10-11-20(24)21(25)13-19/h3-13,28H,14H2,1-2H3,(H,26,30)(H,27,31). The van der Waals surface area contributed by atoms with Crippen LogP contribution in [-0.4, -0.2) is 46.5 Å². The van der Waals surface area contributed by atoms with Crippen molar-refractivity contribution in [2.75, 3.05) is 18.3 Å². The van der Waals surface area contributed by atoms with Gasteiger partial charge in [-0.3, -0.25) is 25.2 Å². The first-order valence-electron chi connectivity index (χ1n) is 10.5. The van der Waals surface area contributed by atoms with E-state index in [0.717, 1.165) is 9.87 Å². The second-order valence-corrected chi connectivity index (χ2v) is 12.4. The van der Waals surface area contributed by atoms with Gasteiger partial charge >= 0.3 is 0 Å². The summed E-state index contributed by atoms with van der Waals surface area (Å²) in [5.41, 5.74) is 5.29. The minimum atomic E-state index is -4.03. The molecule has 37 heavy (non-hydrogen) atoms. The average molecular weight is 585 g/mol. The highest BCUT2D eigenvalue weighted by atomic mass is 35.5. The minimum Gasteiger partial charge on any atom is -0.280 e. The Kier molecular flexibility index (Phi) is 8.82. The summed E-state index contributed by atoms with van der Waals surface area (Å²) in [6, 6.07) is 15.5. The number of hydrazine groups is 1. The molecule has 0 atom stereocenters. The molecule has 0 aliphatic heterocycles. The number of amides is 2. The minimum absolute atomic E-state index is 0.0234. The van der Waals surface area contributed by atoms with Crippen LogP contribution in [-0.2, 0) is 24.8 Å². The van der Waals surface area contributed by atoms with Crippen molar-refractivity contribution in [1.29, 1.82) is 0 Å². The van der Waals surface area contributed by atoms with Gasteiger partial charge in [-0.1, -0.05) is 47.0 Å². The first kappa shape index (κ1) is 28.4. The van der Waals surface area contributed by atoms with Crippen LogP contribution in [0.5, 0.6) is 0 Å². The molecule has 3 aromatic rings. The lowest BCUT2D eigenvalue weighted by Crippen LogP contribution is -2.46. The molecule has 0 bridgehead atoms. The summed E-state index contributed by atoms with van der Waals surface area (Å²) in [6.45, 7) is 1.26. The normalized spacial score (nSPS) is 11.7. The third-order valence-corrected chi connectivity index (χ3v) is 8.92. The highest BCUT2D eigenvalue weighted by Gasteiger charge is 2.23. The molecule has 3 N–H and O–H groups in total. The predicted octanol–water partition coefficient (Wildman–Crippen LogP) is 3.18. The van der Waals surface area contributed by atoms with Crippen molar-refractivity contribution in [2.45, 2.75) is 16.7 Å². The van der Waals surface area contributed by atoms with E-state index in [9.17, 15) is 26.4 Å². The Balaban J connectivity index is 1.61. The number of hydrogen-bond acceptors (Lipinski definition) is 6. The lowest BCUT2D eigenvalue weighted by molar-refractivity contribution is -0.121. The van der Waals surface area contributed by atoms with E-state index in [2.05, 4.69) is 15.6 Å². The molecule has 0 saturated heterocycles. The monoisotopic (exact) mass is 584 g/mol. The Morgan fingerprint density at radius 3 is 2.14 bits per heavy atom. The molecule has 0 aliphatic carbocycles. The fourth-order valence-electron chi connectivity index (χ4n) is 3.00. The third-order valence-electron chi connectivity index (χ3n) is 4.99. The van der Waals surface area contributed by atoms with Crippen molar-refractivity contribution in [1.82, 2.24) is 15.2 Å². The van der Waals surface area contributed by atoms with Crippen LogP contribution in [0.1, 0.15) is 15.9 Å². The maximum atomic E-state index is 12.6. The molecule has 0 saturated carbocycles. The summed E-state index contributed by atoms with van der Waals surface area (Å²) < 4.78 is 53.7. The van der Waals surface area contributed by atoms with Crippen LogP contribution in [0.3, 0.4) is 0 Å². The zero-order valence-electron chi connectivity index (χ0n) is 19.5. The van der Waals surface area contributed by atoms with Crippen molar-refractivity contribution >= 4 is 60.8 Å². The van der Waals surface area contributed by atoms with Gasteiger partial charge in [-0.2, -0.15) is 4.31 Å². The maximum Gasteiger partial charge on any atom is 0.269 e. The number of aryl methyl sites for hydroxylation is 1. The zero-order valence-corrected chi connectivity index (χ0v) is 22.7. The van der Waals surface area contributed by atoms with Gasteiger partial charge in [-0.05, 0) is 55.5 Å². The molecule has 0 heterocycles. The first-order chi connectivity index (χ1) is 17.3. The quantitative estimate of drug-likeness (QED) is 0.347. The highest BCUT2D eigenvalue weighted by Crippen LogP contribution is 2.26. The Labute approximate surface area is 224 Å². The summed E-state index contributed by atoms with van der Waals surface area (Å²) in [4.78, 5) is 24.6. The third kappa shape index (κ3) is 7.21. The number of likely N-dealkylation sites (N-methyl/N-ethyl adjacent to an activating group) is 1. The molecule has 14 heteroatoms. The van der Waals surface area contributed by atoms with Crippen molar-refractivity contribution < 1.29 is 26.4 Å². The van der Waals surface area contributed by atoms with Gasteiger partial charge in [0.25, 0.3) is 21.8 Å². The second-order valence-electron chi connectivity index (χ2n) is 7.84. The molecule has 3 rings (SSSR count). The summed E-state index contributed by atoms with van der Waals surface area (Å²) in [6.07, 6.45) is 0. The van der Waals surface area contributed by atoms with Gasteiger partial charge in [0.15, 0.2) is 0 Å². The SMILES string of the molecule is Cc1ccc(S(=O)(=O)N(C)CC(=O)NNC(=O)c2cccc(NS(=O)(=O)c3ccc(Cl)c(Cl)c3)c2)cc1. The Hall–Kier alpha value is -3.16. The van der Waals surface area contributed by atoms with E-state index in [4.69, 9.17) is 23.2 Å². The molecule has 0 unspecified atom stereocenters. The number of halogens is 2. The molecule has 0 fully saturated rings. The van der Waals surface area contributed by atoms with Crippen LogP contribution in [0.4, 0.5) is 5.69 Å². The van der Waals surface area contributed by atoms with Gasteiger partial charge in [0.05, 0.1) is 26.4 Å². The molecule has 196 valence electrons. The summed E-state index contributed by atoms with van der Waals surface area (Å²) in [5, 5.41) is 0.256. The van der Waals surface area contributed by atoms with E-state index < -0.39 is 38.4 Å². The molecule has 0 spiro atoms. The van der Waals surface area contributed by atoms with Gasteiger partial charge < -0.3 is 0 Å². The lowest BCUT2D eigenvalue weighted by atomic mass is 10.2. The summed E-state index contributed by atoms with van der Waals surface area (Å²) >= 11 is 11.7. The molecule has 0 aromatic heterocycles.